The largest absolute Gasteiger partial charge is 0.310 e. The van der Waals surface area contributed by atoms with Gasteiger partial charge in [0.2, 0.25) is 0 Å². The van der Waals surface area contributed by atoms with Crippen LogP contribution in [0.15, 0.2) is 144 Å². The monoisotopic (exact) mass is 503 g/mol. The maximum Gasteiger partial charge on any atom is 0.0505 e. The molecule has 0 radical (unpaired) electrons. The molecule has 0 amide bonds. The van der Waals surface area contributed by atoms with E-state index >= 15 is 0 Å². The molecule has 0 aromatic heterocycles. The van der Waals surface area contributed by atoms with Crippen molar-refractivity contribution < 1.29 is 0 Å². The van der Waals surface area contributed by atoms with Gasteiger partial charge in [-0.2, -0.15) is 0 Å². The van der Waals surface area contributed by atoms with E-state index in [1.807, 2.05) is 0 Å². The number of nitrogens with zero attached hydrogens (tertiary/aromatic N) is 1. The number of anilines is 3. The molecule has 0 fully saturated rings. The second-order valence-corrected chi connectivity index (χ2v) is 9.18. The van der Waals surface area contributed by atoms with Crippen LogP contribution in [0.2, 0.25) is 0 Å². The third-order valence-corrected chi connectivity index (χ3v) is 6.92. The lowest BCUT2D eigenvalue weighted by molar-refractivity contribution is 0.801. The van der Waals surface area contributed by atoms with Crippen LogP contribution in [-0.2, 0) is 6.42 Å². The molecule has 0 aliphatic carbocycles. The van der Waals surface area contributed by atoms with E-state index in [-0.39, 0.29) is 5.92 Å². The smallest absolute Gasteiger partial charge is 0.0505 e. The maximum atomic E-state index is 3.91. The fourth-order valence-corrected chi connectivity index (χ4v) is 5.06. The molecule has 166 valence electrons. The van der Waals surface area contributed by atoms with Gasteiger partial charge in [0, 0.05) is 21.8 Å². The topological polar surface area (TPSA) is 3.24 Å². The van der Waals surface area contributed by atoms with Crippen molar-refractivity contribution in [2.24, 2.45) is 0 Å². The minimum Gasteiger partial charge on any atom is -0.310 e. The predicted molar refractivity (Wildman–Crippen MR) is 147 cm³/mol. The Balaban J connectivity index is 1.66. The summed E-state index contributed by atoms with van der Waals surface area (Å²) in [6.07, 6.45) is 0.876. The van der Waals surface area contributed by atoms with E-state index in [1.54, 1.807) is 0 Å². The minimum atomic E-state index is 0.244. The molecule has 0 unspecified atom stereocenters. The Bertz CT molecular complexity index is 1240. The first kappa shape index (κ1) is 22.2. The van der Waals surface area contributed by atoms with Gasteiger partial charge in [-0.25, -0.2) is 0 Å². The summed E-state index contributed by atoms with van der Waals surface area (Å²) in [5, 5.41) is 0. The van der Waals surface area contributed by atoms with Crippen LogP contribution >= 0.6 is 15.9 Å². The lowest BCUT2D eigenvalue weighted by atomic mass is 9.85. The first-order valence-electron chi connectivity index (χ1n) is 11.6. The van der Waals surface area contributed by atoms with Crippen molar-refractivity contribution in [2.75, 3.05) is 4.90 Å². The van der Waals surface area contributed by atoms with E-state index in [1.165, 1.54) is 22.4 Å². The molecular formula is C32H26BrN. The average molecular weight is 504 g/mol. The molecule has 1 nitrogen and oxygen atoms in total. The molecule has 0 saturated heterocycles. The highest BCUT2D eigenvalue weighted by molar-refractivity contribution is 9.10. The van der Waals surface area contributed by atoms with Gasteiger partial charge in [-0.3, -0.25) is 0 Å². The molecule has 5 aromatic rings. The van der Waals surface area contributed by atoms with Gasteiger partial charge >= 0.3 is 0 Å². The number of benzene rings is 5. The quantitative estimate of drug-likeness (QED) is 0.213. The summed E-state index contributed by atoms with van der Waals surface area (Å²) in [6, 6.07) is 49.3. The molecule has 0 bridgehead atoms. The second kappa shape index (κ2) is 10.5. The van der Waals surface area contributed by atoms with Crippen LogP contribution in [-0.4, -0.2) is 0 Å². The Morgan fingerprint density at radius 3 is 1.41 bits per heavy atom. The average Bonchev–Trinajstić information content (AvgIpc) is 2.91. The van der Waals surface area contributed by atoms with Crippen molar-refractivity contribution in [3.8, 4) is 0 Å². The summed E-state index contributed by atoms with van der Waals surface area (Å²) >= 11 is 3.91. The molecule has 0 aliphatic heterocycles. The summed E-state index contributed by atoms with van der Waals surface area (Å²) in [5.74, 6) is 0.244. The zero-order valence-corrected chi connectivity index (χ0v) is 20.5. The maximum absolute atomic E-state index is 3.91. The molecule has 0 heterocycles. The van der Waals surface area contributed by atoms with Crippen molar-refractivity contribution in [3.63, 3.8) is 0 Å². The molecule has 5 rings (SSSR count). The summed E-state index contributed by atoms with van der Waals surface area (Å²) in [7, 11) is 0. The van der Waals surface area contributed by atoms with E-state index in [0.717, 1.165) is 22.3 Å². The first-order valence-corrected chi connectivity index (χ1v) is 12.4. The normalized spacial score (nSPS) is 10.9. The van der Waals surface area contributed by atoms with E-state index in [0.29, 0.717) is 0 Å². The van der Waals surface area contributed by atoms with Crippen LogP contribution < -0.4 is 4.90 Å². The number of rotatable bonds is 7. The van der Waals surface area contributed by atoms with E-state index in [2.05, 4.69) is 160 Å². The highest BCUT2D eigenvalue weighted by atomic mass is 79.9. The lowest BCUT2D eigenvalue weighted by Crippen LogP contribution is -2.14. The van der Waals surface area contributed by atoms with Gasteiger partial charge in [0.15, 0.2) is 0 Å². The van der Waals surface area contributed by atoms with Crippen molar-refractivity contribution in [3.05, 3.63) is 161 Å². The van der Waals surface area contributed by atoms with Gasteiger partial charge < -0.3 is 4.90 Å². The number of hydrogen-bond acceptors (Lipinski definition) is 1. The van der Waals surface area contributed by atoms with E-state index in [4.69, 9.17) is 0 Å². The van der Waals surface area contributed by atoms with Crippen molar-refractivity contribution in [2.45, 2.75) is 12.3 Å². The zero-order valence-electron chi connectivity index (χ0n) is 18.9. The molecule has 0 atom stereocenters. The molecule has 34 heavy (non-hydrogen) atoms. The summed E-state index contributed by atoms with van der Waals surface area (Å²) in [4.78, 5) is 2.35. The number of halogens is 1. The Morgan fingerprint density at radius 1 is 0.500 bits per heavy atom. The van der Waals surface area contributed by atoms with Crippen LogP contribution in [0.5, 0.6) is 0 Å². The highest BCUT2D eigenvalue weighted by Gasteiger charge is 2.22. The molecule has 5 aromatic carbocycles. The van der Waals surface area contributed by atoms with Gasteiger partial charge in [0.25, 0.3) is 0 Å². The standard InChI is InChI=1S/C32H26BrN/c33-31-22-13-23-32(34(27-18-9-3-10-19-27)28-20-11-4-12-21-28)30(31)24-29(25-14-5-1-6-15-25)26-16-7-2-8-17-26/h1-23,29H,24H2. The predicted octanol–water partition coefficient (Wildman–Crippen LogP) is 9.29. The van der Waals surface area contributed by atoms with Gasteiger partial charge in [0.05, 0.1) is 5.69 Å². The van der Waals surface area contributed by atoms with Crippen LogP contribution in [0.25, 0.3) is 0 Å². The SMILES string of the molecule is Brc1cccc(N(c2ccccc2)c2ccccc2)c1CC(c1ccccc1)c1ccccc1. The Labute approximate surface area is 210 Å². The highest BCUT2D eigenvalue weighted by Crippen LogP contribution is 2.41. The van der Waals surface area contributed by atoms with Gasteiger partial charge in [-0.15, -0.1) is 0 Å². The second-order valence-electron chi connectivity index (χ2n) is 8.32. The Morgan fingerprint density at radius 2 is 0.941 bits per heavy atom. The first-order chi connectivity index (χ1) is 16.8. The van der Waals surface area contributed by atoms with E-state index in [9.17, 15) is 0 Å². The van der Waals surface area contributed by atoms with Gasteiger partial charge in [-0.05, 0) is 59.5 Å². The fourth-order valence-electron chi connectivity index (χ4n) is 4.54. The van der Waals surface area contributed by atoms with Crippen molar-refractivity contribution in [1.82, 2.24) is 0 Å². The van der Waals surface area contributed by atoms with E-state index < -0.39 is 0 Å². The van der Waals surface area contributed by atoms with Crippen LogP contribution in [0.1, 0.15) is 22.6 Å². The summed E-state index contributed by atoms with van der Waals surface area (Å²) < 4.78 is 1.12. The van der Waals surface area contributed by atoms with Gasteiger partial charge in [0.1, 0.15) is 0 Å². The van der Waals surface area contributed by atoms with Crippen molar-refractivity contribution >= 4 is 33.0 Å². The molecule has 0 aliphatic rings. The lowest BCUT2D eigenvalue weighted by Gasteiger charge is -2.29. The number of para-hydroxylation sites is 2. The summed E-state index contributed by atoms with van der Waals surface area (Å²) in [5.41, 5.74) is 7.40. The molecule has 0 saturated carbocycles. The van der Waals surface area contributed by atoms with Gasteiger partial charge in [-0.1, -0.05) is 119 Å². The molecule has 0 N–H and O–H groups in total. The third-order valence-electron chi connectivity index (χ3n) is 6.18. The Kier molecular flexibility index (Phi) is 6.88. The fraction of sp³-hybridized carbons (Fsp3) is 0.0625. The third kappa shape index (κ3) is 4.83. The minimum absolute atomic E-state index is 0.244. The van der Waals surface area contributed by atoms with Crippen LogP contribution in [0.4, 0.5) is 17.1 Å². The summed E-state index contributed by atoms with van der Waals surface area (Å²) in [6.45, 7) is 0. The van der Waals surface area contributed by atoms with Crippen LogP contribution in [0, 0.1) is 0 Å². The molecule has 2 heteroatoms. The zero-order chi connectivity index (χ0) is 23.2. The molecule has 0 spiro atoms. The van der Waals surface area contributed by atoms with Crippen molar-refractivity contribution in [1.29, 1.82) is 0 Å². The van der Waals surface area contributed by atoms with Crippen LogP contribution in [0.3, 0.4) is 0 Å². The Hall–Kier alpha value is -3.62. The molecular weight excluding hydrogens is 478 g/mol. The number of hydrogen-bond donors (Lipinski definition) is 0.